The molecule has 0 spiro atoms. The van der Waals surface area contributed by atoms with E-state index >= 15 is 0 Å². The molecule has 0 aliphatic rings. The number of aryl methyl sites for hydroxylation is 1. The SMILES string of the molecule is COc1ccc(-c2nc(NC(=O)c3ccc(S(=O)C(C)C)cc3)sc2C)cc1. The first-order valence-electron chi connectivity index (χ1n) is 8.83. The summed E-state index contributed by atoms with van der Waals surface area (Å²) in [5.74, 6) is 0.545. The number of hydrogen-bond acceptors (Lipinski definition) is 5. The second kappa shape index (κ2) is 8.67. The highest BCUT2D eigenvalue weighted by Gasteiger charge is 2.14. The summed E-state index contributed by atoms with van der Waals surface area (Å²) in [4.78, 5) is 18.8. The van der Waals surface area contributed by atoms with Gasteiger partial charge in [0.15, 0.2) is 5.13 Å². The standard InChI is InChI=1S/C21H22N2O3S2/c1-13(2)28(25)18-11-7-16(8-12-18)20(24)23-21-22-19(14(3)27-21)15-5-9-17(26-4)10-6-15/h5-13H,1-4H3,(H,22,23,24). The smallest absolute Gasteiger partial charge is 0.257 e. The van der Waals surface area contributed by atoms with E-state index in [9.17, 15) is 9.00 Å². The number of anilines is 1. The van der Waals surface area contributed by atoms with Crippen LogP contribution in [0.2, 0.25) is 0 Å². The minimum atomic E-state index is -1.07. The number of nitrogens with zero attached hydrogens (tertiary/aromatic N) is 1. The molecule has 1 unspecified atom stereocenters. The van der Waals surface area contributed by atoms with Gasteiger partial charge < -0.3 is 4.74 Å². The van der Waals surface area contributed by atoms with Crippen molar-refractivity contribution < 1.29 is 13.7 Å². The topological polar surface area (TPSA) is 68.3 Å². The number of ether oxygens (including phenoxy) is 1. The molecule has 0 fully saturated rings. The van der Waals surface area contributed by atoms with Gasteiger partial charge in [0, 0.05) is 26.1 Å². The molecule has 0 bridgehead atoms. The van der Waals surface area contributed by atoms with Crippen molar-refractivity contribution in [3.05, 3.63) is 59.0 Å². The lowest BCUT2D eigenvalue weighted by atomic mass is 10.1. The summed E-state index contributed by atoms with van der Waals surface area (Å²) in [6.07, 6.45) is 0. The molecule has 146 valence electrons. The van der Waals surface area contributed by atoms with Crippen LogP contribution in [-0.4, -0.2) is 27.5 Å². The van der Waals surface area contributed by atoms with Crippen LogP contribution in [0.5, 0.6) is 5.75 Å². The lowest BCUT2D eigenvalue weighted by Gasteiger charge is -2.06. The largest absolute Gasteiger partial charge is 0.497 e. The summed E-state index contributed by atoms with van der Waals surface area (Å²) in [6.45, 7) is 5.78. The zero-order valence-electron chi connectivity index (χ0n) is 16.2. The Morgan fingerprint density at radius 3 is 2.32 bits per heavy atom. The Hall–Kier alpha value is -2.51. The normalized spacial score (nSPS) is 12.0. The zero-order chi connectivity index (χ0) is 20.3. The maximum Gasteiger partial charge on any atom is 0.257 e. The van der Waals surface area contributed by atoms with Gasteiger partial charge >= 0.3 is 0 Å². The Morgan fingerprint density at radius 1 is 1.11 bits per heavy atom. The predicted octanol–water partition coefficient (Wildman–Crippen LogP) is 4.90. The molecule has 1 atom stereocenters. The first kappa shape index (κ1) is 20.2. The van der Waals surface area contributed by atoms with Crippen molar-refractivity contribution in [2.45, 2.75) is 30.9 Å². The van der Waals surface area contributed by atoms with Crippen molar-refractivity contribution >= 4 is 33.2 Å². The second-order valence-corrected chi connectivity index (χ2v) is 9.69. The summed E-state index contributed by atoms with van der Waals surface area (Å²) < 4.78 is 17.3. The minimum Gasteiger partial charge on any atom is -0.497 e. The summed E-state index contributed by atoms with van der Waals surface area (Å²) in [6, 6.07) is 14.5. The maximum atomic E-state index is 12.5. The van der Waals surface area contributed by atoms with Crippen LogP contribution in [0.15, 0.2) is 53.4 Å². The van der Waals surface area contributed by atoms with Crippen LogP contribution in [-0.2, 0) is 10.8 Å². The van der Waals surface area contributed by atoms with Crippen LogP contribution in [0, 0.1) is 6.92 Å². The number of hydrogen-bond donors (Lipinski definition) is 1. The van der Waals surface area contributed by atoms with Gasteiger partial charge in [-0.15, -0.1) is 11.3 Å². The number of carbonyl (C=O) groups is 1. The van der Waals surface area contributed by atoms with Crippen molar-refractivity contribution in [2.75, 3.05) is 12.4 Å². The summed E-state index contributed by atoms with van der Waals surface area (Å²) >= 11 is 1.43. The van der Waals surface area contributed by atoms with Crippen LogP contribution in [0.25, 0.3) is 11.3 Å². The summed E-state index contributed by atoms with van der Waals surface area (Å²) in [5.41, 5.74) is 2.31. The third-order valence-corrected chi connectivity index (χ3v) is 6.64. The third kappa shape index (κ3) is 4.48. The maximum absolute atomic E-state index is 12.5. The van der Waals surface area contributed by atoms with E-state index in [2.05, 4.69) is 10.3 Å². The van der Waals surface area contributed by atoms with Crippen molar-refractivity contribution in [3.63, 3.8) is 0 Å². The van der Waals surface area contributed by atoms with Crippen molar-refractivity contribution in [1.29, 1.82) is 0 Å². The Morgan fingerprint density at radius 2 is 1.75 bits per heavy atom. The summed E-state index contributed by atoms with van der Waals surface area (Å²) in [7, 11) is 0.560. The fraction of sp³-hybridized carbons (Fsp3) is 0.238. The van der Waals surface area contributed by atoms with Crippen LogP contribution < -0.4 is 10.1 Å². The Bertz CT molecular complexity index is 993. The molecule has 0 radical (unpaired) electrons. The molecule has 1 aromatic heterocycles. The quantitative estimate of drug-likeness (QED) is 0.623. The Labute approximate surface area is 171 Å². The first-order valence-corrected chi connectivity index (χ1v) is 10.9. The highest BCUT2D eigenvalue weighted by atomic mass is 32.2. The molecule has 3 aromatic rings. The van der Waals surface area contributed by atoms with Crippen molar-refractivity contribution in [2.24, 2.45) is 0 Å². The van der Waals surface area contributed by atoms with Gasteiger partial charge in [0.05, 0.1) is 23.6 Å². The van der Waals surface area contributed by atoms with Crippen LogP contribution >= 0.6 is 11.3 Å². The van der Waals surface area contributed by atoms with Crippen molar-refractivity contribution in [1.82, 2.24) is 4.98 Å². The Kier molecular flexibility index (Phi) is 6.26. The van der Waals surface area contributed by atoms with E-state index in [4.69, 9.17) is 4.74 Å². The lowest BCUT2D eigenvalue weighted by Crippen LogP contribution is -2.12. The number of nitrogens with one attached hydrogen (secondary N) is 1. The van der Waals surface area contributed by atoms with E-state index in [1.165, 1.54) is 11.3 Å². The first-order chi connectivity index (χ1) is 13.4. The summed E-state index contributed by atoms with van der Waals surface area (Å²) in [5, 5.41) is 3.43. The number of amides is 1. The number of methoxy groups -OCH3 is 1. The highest BCUT2D eigenvalue weighted by Crippen LogP contribution is 2.31. The lowest BCUT2D eigenvalue weighted by molar-refractivity contribution is 0.102. The molecule has 1 heterocycles. The number of thiazole rings is 1. The zero-order valence-corrected chi connectivity index (χ0v) is 17.8. The molecule has 5 nitrogen and oxygen atoms in total. The van der Waals surface area contributed by atoms with Crippen LogP contribution in [0.1, 0.15) is 29.1 Å². The average Bonchev–Trinajstić information content (AvgIpc) is 3.07. The highest BCUT2D eigenvalue weighted by molar-refractivity contribution is 7.85. The monoisotopic (exact) mass is 414 g/mol. The third-order valence-electron chi connectivity index (χ3n) is 4.16. The number of rotatable bonds is 6. The molecule has 0 aliphatic carbocycles. The van der Waals surface area contributed by atoms with Gasteiger partial charge in [-0.1, -0.05) is 13.8 Å². The number of aromatic nitrogens is 1. The van der Waals surface area contributed by atoms with E-state index in [0.29, 0.717) is 10.7 Å². The van der Waals surface area contributed by atoms with Crippen LogP contribution in [0.3, 0.4) is 0 Å². The van der Waals surface area contributed by atoms with Gasteiger partial charge in [-0.2, -0.15) is 0 Å². The van der Waals surface area contributed by atoms with E-state index < -0.39 is 10.8 Å². The van der Waals surface area contributed by atoms with Crippen molar-refractivity contribution in [3.8, 4) is 17.0 Å². The molecule has 1 N–H and O–H groups in total. The predicted molar refractivity (Wildman–Crippen MR) is 115 cm³/mol. The molecule has 0 saturated carbocycles. The van der Waals surface area contributed by atoms with E-state index in [1.54, 1.807) is 31.4 Å². The number of benzene rings is 2. The average molecular weight is 415 g/mol. The van der Waals surface area contributed by atoms with Gasteiger partial charge in [0.1, 0.15) is 5.75 Å². The Balaban J connectivity index is 1.75. The van der Waals surface area contributed by atoms with Gasteiger partial charge in [0.25, 0.3) is 5.91 Å². The molecule has 2 aromatic carbocycles. The van der Waals surface area contributed by atoms with Gasteiger partial charge in [-0.05, 0) is 55.5 Å². The minimum absolute atomic E-state index is 0.0364. The fourth-order valence-electron chi connectivity index (χ4n) is 2.65. The van der Waals surface area contributed by atoms with Gasteiger partial charge in [0.2, 0.25) is 0 Å². The van der Waals surface area contributed by atoms with E-state index in [1.807, 2.05) is 45.0 Å². The van der Waals surface area contributed by atoms with Gasteiger partial charge in [-0.3, -0.25) is 14.3 Å². The molecular formula is C21H22N2O3S2. The van der Waals surface area contributed by atoms with Gasteiger partial charge in [-0.25, -0.2) is 4.98 Å². The molecule has 28 heavy (non-hydrogen) atoms. The van der Waals surface area contributed by atoms with E-state index in [0.717, 1.165) is 26.8 Å². The second-order valence-electron chi connectivity index (χ2n) is 6.48. The molecule has 0 saturated heterocycles. The number of carbonyl (C=O) groups excluding carboxylic acids is 1. The van der Waals surface area contributed by atoms with Crippen LogP contribution in [0.4, 0.5) is 5.13 Å². The molecular weight excluding hydrogens is 392 g/mol. The van der Waals surface area contributed by atoms with E-state index in [-0.39, 0.29) is 11.2 Å². The molecule has 7 heteroatoms. The molecule has 0 aliphatic heterocycles. The molecule has 1 amide bonds. The fourth-order valence-corrected chi connectivity index (χ4v) is 4.43. The molecule has 3 rings (SSSR count).